The molecule has 0 unspecified atom stereocenters. The Morgan fingerprint density at radius 3 is 2.65 bits per heavy atom. The van der Waals surface area contributed by atoms with E-state index in [0.29, 0.717) is 30.8 Å². The van der Waals surface area contributed by atoms with Crippen LogP contribution >= 0.6 is 0 Å². The number of aliphatic hydroxyl groups is 2. The number of nitrogens with zero attached hydrogens (tertiary/aromatic N) is 1. The molecule has 1 amide bonds. The van der Waals surface area contributed by atoms with Crippen molar-refractivity contribution >= 4 is 11.6 Å². The van der Waals surface area contributed by atoms with E-state index in [9.17, 15) is 9.18 Å². The number of hydrogen-bond acceptors (Lipinski definition) is 4. The maximum absolute atomic E-state index is 13.4. The molecule has 0 aliphatic heterocycles. The summed E-state index contributed by atoms with van der Waals surface area (Å²) >= 11 is 0. The summed E-state index contributed by atoms with van der Waals surface area (Å²) in [5, 5.41) is 20.3. The number of hydrogen-bond donors (Lipinski definition) is 3. The molecule has 1 rings (SSSR count). The number of aliphatic hydroxyl groups excluding tert-OH is 2. The molecule has 5 nitrogen and oxygen atoms in total. The fraction of sp³-hybridized carbons (Fsp3) is 0.500. The Morgan fingerprint density at radius 2 is 2.05 bits per heavy atom. The van der Waals surface area contributed by atoms with E-state index in [1.54, 1.807) is 24.0 Å². The van der Waals surface area contributed by atoms with Crippen molar-refractivity contribution in [2.45, 2.75) is 13.3 Å². The number of nitrogens with one attached hydrogen (secondary N) is 1. The van der Waals surface area contributed by atoms with Crippen LogP contribution in [-0.4, -0.2) is 53.9 Å². The van der Waals surface area contributed by atoms with Gasteiger partial charge >= 0.3 is 0 Å². The van der Waals surface area contributed by atoms with Crippen LogP contribution in [0, 0.1) is 12.7 Å². The first-order valence-corrected chi connectivity index (χ1v) is 6.57. The van der Waals surface area contributed by atoms with E-state index in [1.165, 1.54) is 6.07 Å². The lowest BCUT2D eigenvalue weighted by molar-refractivity contribution is -0.117. The number of rotatable bonds is 8. The molecule has 0 aliphatic carbocycles. The van der Waals surface area contributed by atoms with Crippen molar-refractivity contribution in [2.75, 3.05) is 38.2 Å². The number of benzene rings is 1. The minimum atomic E-state index is -0.365. The van der Waals surface area contributed by atoms with Gasteiger partial charge in [-0.2, -0.15) is 0 Å². The zero-order valence-electron chi connectivity index (χ0n) is 11.6. The molecule has 0 fully saturated rings. The third-order valence-electron chi connectivity index (χ3n) is 2.87. The molecule has 20 heavy (non-hydrogen) atoms. The van der Waals surface area contributed by atoms with E-state index < -0.39 is 0 Å². The second-order valence-electron chi connectivity index (χ2n) is 4.59. The fourth-order valence-corrected chi connectivity index (χ4v) is 1.78. The van der Waals surface area contributed by atoms with Crippen LogP contribution in [0.1, 0.15) is 12.0 Å². The van der Waals surface area contributed by atoms with Gasteiger partial charge in [-0.15, -0.1) is 0 Å². The Morgan fingerprint density at radius 1 is 1.30 bits per heavy atom. The molecule has 112 valence electrons. The second-order valence-corrected chi connectivity index (χ2v) is 4.59. The monoisotopic (exact) mass is 284 g/mol. The topological polar surface area (TPSA) is 72.8 Å². The van der Waals surface area contributed by atoms with Gasteiger partial charge in [-0.3, -0.25) is 9.69 Å². The van der Waals surface area contributed by atoms with Gasteiger partial charge in [0.05, 0.1) is 13.2 Å². The molecule has 6 heteroatoms. The van der Waals surface area contributed by atoms with Gasteiger partial charge in [0, 0.05) is 25.4 Å². The third kappa shape index (κ3) is 5.64. The standard InChI is InChI=1S/C14H21FN2O3/c1-11-3-4-12(9-13(11)15)16-14(20)10-17(6-8-19)5-2-7-18/h3-4,9,18-19H,2,5-8,10H2,1H3,(H,16,20). The Hall–Kier alpha value is -1.50. The summed E-state index contributed by atoms with van der Waals surface area (Å²) in [6.07, 6.45) is 0.534. The van der Waals surface area contributed by atoms with Crippen molar-refractivity contribution in [3.63, 3.8) is 0 Å². The van der Waals surface area contributed by atoms with Crippen LogP contribution in [0.25, 0.3) is 0 Å². The molecular weight excluding hydrogens is 263 g/mol. The summed E-state index contributed by atoms with van der Waals surface area (Å²) < 4.78 is 13.4. The molecule has 0 spiro atoms. The first-order valence-electron chi connectivity index (χ1n) is 6.57. The Balaban J connectivity index is 2.53. The largest absolute Gasteiger partial charge is 0.396 e. The van der Waals surface area contributed by atoms with E-state index in [0.717, 1.165) is 0 Å². The second kappa shape index (κ2) is 8.63. The smallest absolute Gasteiger partial charge is 0.238 e. The van der Waals surface area contributed by atoms with Crippen LogP contribution in [0.5, 0.6) is 0 Å². The Labute approximate surface area is 118 Å². The van der Waals surface area contributed by atoms with Crippen molar-refractivity contribution in [2.24, 2.45) is 0 Å². The Bertz CT molecular complexity index is 440. The molecule has 1 aromatic carbocycles. The molecule has 0 saturated carbocycles. The molecular formula is C14H21FN2O3. The van der Waals surface area contributed by atoms with Gasteiger partial charge in [0.15, 0.2) is 0 Å². The maximum atomic E-state index is 13.4. The molecule has 0 aliphatic rings. The molecule has 0 bridgehead atoms. The predicted octanol–water partition coefficient (Wildman–Crippen LogP) is 0.749. The minimum Gasteiger partial charge on any atom is -0.396 e. The summed E-state index contributed by atoms with van der Waals surface area (Å²) in [5.74, 6) is -0.644. The molecule has 0 aromatic heterocycles. The number of carbonyl (C=O) groups is 1. The molecule has 1 aromatic rings. The van der Waals surface area contributed by atoms with Crippen molar-refractivity contribution < 1.29 is 19.4 Å². The number of amides is 1. The first-order chi connectivity index (χ1) is 9.56. The minimum absolute atomic E-state index is 0.0344. The lowest BCUT2D eigenvalue weighted by Crippen LogP contribution is -2.36. The Kier molecular flexibility index (Phi) is 7.14. The van der Waals surface area contributed by atoms with E-state index in [2.05, 4.69) is 5.32 Å². The van der Waals surface area contributed by atoms with Gasteiger partial charge in [0.2, 0.25) is 5.91 Å². The zero-order chi connectivity index (χ0) is 15.0. The van der Waals surface area contributed by atoms with Gasteiger partial charge in [0.1, 0.15) is 5.82 Å². The van der Waals surface area contributed by atoms with Gasteiger partial charge in [-0.25, -0.2) is 4.39 Å². The fourth-order valence-electron chi connectivity index (χ4n) is 1.78. The third-order valence-corrected chi connectivity index (χ3v) is 2.87. The summed E-state index contributed by atoms with van der Waals surface area (Å²) in [4.78, 5) is 13.6. The van der Waals surface area contributed by atoms with Crippen molar-refractivity contribution in [3.8, 4) is 0 Å². The highest BCUT2D eigenvalue weighted by atomic mass is 19.1. The summed E-state index contributed by atoms with van der Waals surface area (Å²) in [5.41, 5.74) is 0.928. The average Bonchev–Trinajstić information content (AvgIpc) is 2.40. The lowest BCUT2D eigenvalue weighted by atomic mass is 10.2. The molecule has 0 saturated heterocycles. The normalized spacial score (nSPS) is 10.8. The van der Waals surface area contributed by atoms with Gasteiger partial charge in [-0.05, 0) is 31.0 Å². The molecule has 3 N–H and O–H groups in total. The van der Waals surface area contributed by atoms with Gasteiger partial charge in [0.25, 0.3) is 0 Å². The van der Waals surface area contributed by atoms with Crippen LogP contribution in [0.2, 0.25) is 0 Å². The van der Waals surface area contributed by atoms with Crippen LogP contribution in [0.15, 0.2) is 18.2 Å². The summed E-state index contributed by atoms with van der Waals surface area (Å²) in [7, 11) is 0. The number of anilines is 1. The maximum Gasteiger partial charge on any atom is 0.238 e. The van der Waals surface area contributed by atoms with Gasteiger partial charge < -0.3 is 15.5 Å². The van der Waals surface area contributed by atoms with E-state index in [4.69, 9.17) is 10.2 Å². The summed E-state index contributed by atoms with van der Waals surface area (Å²) in [6.45, 7) is 2.60. The molecule has 0 radical (unpaired) electrons. The lowest BCUT2D eigenvalue weighted by Gasteiger charge is -2.20. The van der Waals surface area contributed by atoms with Crippen molar-refractivity contribution in [1.82, 2.24) is 4.90 Å². The molecule has 0 heterocycles. The van der Waals surface area contributed by atoms with E-state index in [1.807, 2.05) is 0 Å². The first kappa shape index (κ1) is 16.6. The number of aryl methyl sites for hydroxylation is 1. The van der Waals surface area contributed by atoms with Crippen LogP contribution in [0.4, 0.5) is 10.1 Å². The van der Waals surface area contributed by atoms with Crippen LogP contribution < -0.4 is 5.32 Å². The number of halogens is 1. The average molecular weight is 284 g/mol. The molecule has 0 atom stereocenters. The van der Waals surface area contributed by atoms with E-state index in [-0.39, 0.29) is 31.5 Å². The number of carbonyl (C=O) groups excluding carboxylic acids is 1. The van der Waals surface area contributed by atoms with Gasteiger partial charge in [-0.1, -0.05) is 6.07 Å². The quantitative estimate of drug-likeness (QED) is 0.658. The zero-order valence-corrected chi connectivity index (χ0v) is 11.6. The highest BCUT2D eigenvalue weighted by Crippen LogP contribution is 2.13. The van der Waals surface area contributed by atoms with Crippen molar-refractivity contribution in [3.05, 3.63) is 29.6 Å². The van der Waals surface area contributed by atoms with Crippen LogP contribution in [0.3, 0.4) is 0 Å². The van der Waals surface area contributed by atoms with Crippen molar-refractivity contribution in [1.29, 1.82) is 0 Å². The predicted molar refractivity (Wildman–Crippen MR) is 75.0 cm³/mol. The summed E-state index contributed by atoms with van der Waals surface area (Å²) in [6, 6.07) is 4.51. The highest BCUT2D eigenvalue weighted by molar-refractivity contribution is 5.92. The van der Waals surface area contributed by atoms with Crippen LogP contribution in [-0.2, 0) is 4.79 Å². The SMILES string of the molecule is Cc1ccc(NC(=O)CN(CCO)CCCO)cc1F. The highest BCUT2D eigenvalue weighted by Gasteiger charge is 2.10. The van der Waals surface area contributed by atoms with E-state index >= 15 is 0 Å².